The molecule has 3 fully saturated rings. The maximum Gasteiger partial charge on any atom is 0.319 e. The van der Waals surface area contributed by atoms with Crippen molar-refractivity contribution in [3.8, 4) is 0 Å². The fourth-order valence-corrected chi connectivity index (χ4v) is 6.90. The van der Waals surface area contributed by atoms with Crippen molar-refractivity contribution < 1.29 is 18.0 Å². The lowest BCUT2D eigenvalue weighted by Gasteiger charge is -2.46. The van der Waals surface area contributed by atoms with E-state index in [1.807, 2.05) is 7.05 Å². The predicted molar refractivity (Wildman–Crippen MR) is 110 cm³/mol. The minimum Gasteiger partial charge on any atom is -0.345 e. The van der Waals surface area contributed by atoms with Gasteiger partial charge in [-0.25, -0.2) is 13.2 Å². The van der Waals surface area contributed by atoms with E-state index in [2.05, 4.69) is 4.98 Å². The summed E-state index contributed by atoms with van der Waals surface area (Å²) < 4.78 is 27.5. The van der Waals surface area contributed by atoms with Crippen molar-refractivity contribution in [2.45, 2.75) is 24.2 Å². The highest BCUT2D eigenvalue weighted by Crippen LogP contribution is 2.58. The van der Waals surface area contributed by atoms with Gasteiger partial charge in [-0.05, 0) is 31.4 Å². The number of urea groups is 1. The maximum absolute atomic E-state index is 13.3. The Kier molecular flexibility index (Phi) is 5.05. The summed E-state index contributed by atoms with van der Waals surface area (Å²) in [6.07, 6.45) is 4.73. The number of carbonyl (C=O) groups is 2. The van der Waals surface area contributed by atoms with Gasteiger partial charge in [0.25, 0.3) is 0 Å². The number of nitrogens with zero attached hydrogens (tertiary/aromatic N) is 5. The summed E-state index contributed by atoms with van der Waals surface area (Å²) in [6.45, 7) is 2.23. The Bertz CT molecular complexity index is 943. The molecule has 1 aromatic rings. The third-order valence-corrected chi connectivity index (χ3v) is 9.09. The van der Waals surface area contributed by atoms with Gasteiger partial charge < -0.3 is 14.7 Å². The van der Waals surface area contributed by atoms with E-state index in [0.717, 1.165) is 0 Å². The molecule has 1 aromatic heterocycles. The number of hydrogen-bond acceptors (Lipinski definition) is 5. The lowest BCUT2D eigenvalue weighted by molar-refractivity contribution is -0.140. The lowest BCUT2D eigenvalue weighted by atomic mass is 9.60. The molecule has 2 spiro atoms. The first-order chi connectivity index (χ1) is 14.1. The molecule has 0 aliphatic carbocycles. The average Bonchev–Trinajstić information content (AvgIpc) is 3.21. The number of rotatable bonds is 2. The smallest absolute Gasteiger partial charge is 0.319 e. The van der Waals surface area contributed by atoms with Crippen molar-refractivity contribution >= 4 is 22.0 Å². The van der Waals surface area contributed by atoms with Gasteiger partial charge in [0.05, 0.1) is 5.41 Å². The van der Waals surface area contributed by atoms with Crippen LogP contribution in [0.1, 0.15) is 19.3 Å². The monoisotopic (exact) mass is 435 g/mol. The summed E-state index contributed by atoms with van der Waals surface area (Å²) in [5.74, 6) is 0.0834. The zero-order valence-electron chi connectivity index (χ0n) is 17.7. The van der Waals surface area contributed by atoms with E-state index < -0.39 is 20.9 Å². The highest BCUT2D eigenvalue weighted by Gasteiger charge is 2.65. The Morgan fingerprint density at radius 3 is 2.37 bits per heavy atom. The molecule has 0 aromatic carbocycles. The van der Waals surface area contributed by atoms with Crippen LogP contribution in [-0.2, 0) is 14.8 Å². The van der Waals surface area contributed by atoms with Crippen LogP contribution >= 0.6 is 0 Å². The number of amides is 3. The van der Waals surface area contributed by atoms with E-state index in [1.54, 1.807) is 42.2 Å². The van der Waals surface area contributed by atoms with Gasteiger partial charge in [-0.1, -0.05) is 0 Å². The molecule has 0 bridgehead atoms. The fourth-order valence-electron chi connectivity index (χ4n) is 5.50. The second-order valence-electron chi connectivity index (χ2n) is 8.97. The lowest BCUT2D eigenvalue weighted by Crippen LogP contribution is -2.53. The molecule has 3 aliphatic rings. The summed E-state index contributed by atoms with van der Waals surface area (Å²) in [5, 5.41) is 0. The molecule has 3 saturated heterocycles. The Balaban J connectivity index is 1.62. The maximum atomic E-state index is 13.3. The highest BCUT2D eigenvalue weighted by molar-refractivity contribution is 7.89. The number of likely N-dealkylation sites (tertiary alicyclic amines) is 2. The zero-order chi connectivity index (χ0) is 21.7. The molecule has 0 saturated carbocycles. The number of hydrogen-bond donors (Lipinski definition) is 0. The van der Waals surface area contributed by atoms with E-state index in [1.165, 1.54) is 15.4 Å². The molecule has 1 unspecified atom stereocenters. The normalized spacial score (nSPS) is 26.7. The minimum atomic E-state index is -3.62. The summed E-state index contributed by atoms with van der Waals surface area (Å²) in [6, 6.07) is 3.07. The van der Waals surface area contributed by atoms with Gasteiger partial charge in [-0.3, -0.25) is 9.78 Å². The first-order valence-electron chi connectivity index (χ1n) is 10.3. The fraction of sp³-hybridized carbons (Fsp3) is 0.650. The molecule has 164 valence electrons. The summed E-state index contributed by atoms with van der Waals surface area (Å²) in [5.41, 5.74) is -1.03. The molecule has 0 N–H and O–H groups in total. The molecular weight excluding hydrogens is 406 g/mol. The number of pyridine rings is 1. The van der Waals surface area contributed by atoms with Crippen LogP contribution in [0.25, 0.3) is 0 Å². The van der Waals surface area contributed by atoms with Crippen LogP contribution < -0.4 is 0 Å². The van der Waals surface area contributed by atoms with E-state index >= 15 is 0 Å². The van der Waals surface area contributed by atoms with Crippen molar-refractivity contribution in [2.75, 3.05) is 53.9 Å². The van der Waals surface area contributed by atoms with Crippen LogP contribution in [0, 0.1) is 10.8 Å². The van der Waals surface area contributed by atoms with Gasteiger partial charge in [-0.2, -0.15) is 4.31 Å². The molecule has 9 nitrogen and oxygen atoms in total. The molecule has 30 heavy (non-hydrogen) atoms. The van der Waals surface area contributed by atoms with Crippen LogP contribution in [0.5, 0.6) is 0 Å². The van der Waals surface area contributed by atoms with E-state index in [-0.39, 0.29) is 16.8 Å². The Hall–Kier alpha value is -2.20. The molecule has 4 heterocycles. The summed E-state index contributed by atoms with van der Waals surface area (Å²) >= 11 is 0. The zero-order valence-corrected chi connectivity index (χ0v) is 18.6. The van der Waals surface area contributed by atoms with Gasteiger partial charge in [0.1, 0.15) is 4.90 Å². The van der Waals surface area contributed by atoms with Crippen LogP contribution in [0.15, 0.2) is 29.4 Å². The number of carbonyl (C=O) groups excluding carboxylic acids is 2. The van der Waals surface area contributed by atoms with Crippen molar-refractivity contribution in [3.63, 3.8) is 0 Å². The van der Waals surface area contributed by atoms with Crippen molar-refractivity contribution in [2.24, 2.45) is 10.8 Å². The number of fused-ring (bicyclic) bond motifs is 1. The van der Waals surface area contributed by atoms with E-state index in [9.17, 15) is 18.0 Å². The van der Waals surface area contributed by atoms with E-state index in [4.69, 9.17) is 0 Å². The molecular formula is C20H29N5O4S. The van der Waals surface area contributed by atoms with Crippen LogP contribution in [0.2, 0.25) is 0 Å². The van der Waals surface area contributed by atoms with Gasteiger partial charge in [0.15, 0.2) is 0 Å². The highest BCUT2D eigenvalue weighted by atomic mass is 32.2. The second-order valence-corrected chi connectivity index (χ2v) is 10.9. The van der Waals surface area contributed by atoms with Gasteiger partial charge in [0, 0.05) is 71.7 Å². The largest absolute Gasteiger partial charge is 0.345 e. The first kappa shape index (κ1) is 21.0. The molecule has 3 amide bonds. The number of piperidine rings is 1. The third-order valence-electron chi connectivity index (χ3n) is 7.20. The van der Waals surface area contributed by atoms with Gasteiger partial charge in [0.2, 0.25) is 15.9 Å². The summed E-state index contributed by atoms with van der Waals surface area (Å²) in [7, 11) is 1.61. The van der Waals surface area contributed by atoms with Gasteiger partial charge in [-0.15, -0.1) is 0 Å². The molecule has 10 heteroatoms. The van der Waals surface area contributed by atoms with Crippen LogP contribution in [-0.4, -0.2) is 98.2 Å². The number of sulfonamides is 1. The Morgan fingerprint density at radius 1 is 1.13 bits per heavy atom. The van der Waals surface area contributed by atoms with Gasteiger partial charge >= 0.3 is 6.03 Å². The van der Waals surface area contributed by atoms with Crippen molar-refractivity contribution in [1.82, 2.24) is 24.0 Å². The predicted octanol–water partition coefficient (Wildman–Crippen LogP) is 0.698. The third kappa shape index (κ3) is 2.99. The van der Waals surface area contributed by atoms with Crippen LogP contribution in [0.4, 0.5) is 4.79 Å². The quantitative estimate of drug-likeness (QED) is 0.682. The Morgan fingerprint density at radius 2 is 1.83 bits per heavy atom. The molecule has 3 aliphatic heterocycles. The average molecular weight is 436 g/mol. The SMILES string of the molecule is CN(C)C(=O)N1CC2(CCN(S(=O)(=O)c3cccnc3)CC2)C2(CCN(C)C2=O)C1. The van der Waals surface area contributed by atoms with E-state index in [0.29, 0.717) is 52.0 Å². The molecule has 1 atom stereocenters. The topological polar surface area (TPSA) is 94.1 Å². The summed E-state index contributed by atoms with van der Waals surface area (Å²) in [4.78, 5) is 35.2. The van der Waals surface area contributed by atoms with Crippen LogP contribution in [0.3, 0.4) is 0 Å². The standard InChI is InChI=1S/C20H29N5O4S/c1-22(2)18(27)24-14-19(20(15-24)8-10-23(3)17(20)26)6-11-25(12-7-19)30(28,29)16-5-4-9-21-13-16/h4-5,9,13H,6-8,10-12,14-15H2,1-3H3. The first-order valence-corrected chi connectivity index (χ1v) is 11.7. The van der Waals surface area contributed by atoms with Crippen molar-refractivity contribution in [3.05, 3.63) is 24.5 Å². The molecule has 4 rings (SSSR count). The second kappa shape index (κ2) is 7.19. The molecule has 0 radical (unpaired) electrons. The number of aromatic nitrogens is 1. The minimum absolute atomic E-state index is 0.0834. The van der Waals surface area contributed by atoms with Crippen molar-refractivity contribution in [1.29, 1.82) is 0 Å². The Labute approximate surface area is 177 Å².